The van der Waals surface area contributed by atoms with Crippen LogP contribution in [0.25, 0.3) is 0 Å². The van der Waals surface area contributed by atoms with Crippen molar-refractivity contribution in [2.45, 2.75) is 25.8 Å². The number of nitrogens with zero attached hydrogens (tertiary/aromatic N) is 4. The highest BCUT2D eigenvalue weighted by molar-refractivity contribution is 6.45. The predicted octanol–water partition coefficient (Wildman–Crippen LogP) is 3.45. The maximum atomic E-state index is 14.8. The molecule has 0 spiro atoms. The molecule has 1 fully saturated rings. The smallest absolute Gasteiger partial charge is 0.251 e. The van der Waals surface area contributed by atoms with Crippen LogP contribution in [0.3, 0.4) is 0 Å². The van der Waals surface area contributed by atoms with Crippen molar-refractivity contribution < 1.29 is 18.3 Å². The van der Waals surface area contributed by atoms with E-state index in [1.165, 1.54) is 19.2 Å². The molecule has 1 saturated heterocycles. The Bertz CT molecular complexity index is 1340. The minimum Gasteiger partial charge on any atom is -0.494 e. The standard InChI is InChI=1S/C29H35F2N7O2/c1-19-17-20(5-6-21(19)29(39)34-9-3-4-13-37-14-10-32-11-15-37)36-27-28-35-18-23(38(28)16-12-33-27)22-7-8-24(40-2)26(31)25(22)30/h5-8,12,16-17,23,32H,3-4,9-11,13-15,18H2,1-2H3,(H,33,36)(H,34,39). The number of halogens is 2. The number of benzene rings is 2. The van der Waals surface area contributed by atoms with E-state index in [-0.39, 0.29) is 23.8 Å². The third-order valence-electron chi connectivity index (χ3n) is 7.42. The molecule has 2 aromatic rings. The molecule has 0 aliphatic carbocycles. The van der Waals surface area contributed by atoms with Crippen molar-refractivity contribution in [3.8, 4) is 5.75 Å². The SMILES string of the molecule is COc1ccc(C2CN=C3C(Nc4ccc(C(=O)NCCCCN5CCNCC5)c(C)c4)=NC=CN32)c(F)c1F. The summed E-state index contributed by atoms with van der Waals surface area (Å²) >= 11 is 0. The van der Waals surface area contributed by atoms with E-state index in [9.17, 15) is 13.6 Å². The van der Waals surface area contributed by atoms with Crippen LogP contribution in [0, 0.1) is 18.6 Å². The highest BCUT2D eigenvalue weighted by atomic mass is 19.2. The number of unbranched alkanes of at least 4 members (excludes halogenated alkanes) is 1. The Morgan fingerprint density at radius 3 is 2.75 bits per heavy atom. The lowest BCUT2D eigenvalue weighted by Crippen LogP contribution is -2.43. The number of methoxy groups -OCH3 is 1. The Morgan fingerprint density at radius 1 is 1.15 bits per heavy atom. The van der Waals surface area contributed by atoms with E-state index in [0.29, 0.717) is 23.8 Å². The summed E-state index contributed by atoms with van der Waals surface area (Å²) in [7, 11) is 1.30. The molecule has 212 valence electrons. The van der Waals surface area contributed by atoms with Crippen molar-refractivity contribution in [3.05, 3.63) is 71.1 Å². The van der Waals surface area contributed by atoms with Crippen molar-refractivity contribution in [1.29, 1.82) is 0 Å². The first-order chi connectivity index (χ1) is 19.5. The van der Waals surface area contributed by atoms with E-state index in [1.807, 2.05) is 19.1 Å². The molecule has 1 amide bonds. The van der Waals surface area contributed by atoms with Gasteiger partial charge in [0.2, 0.25) is 5.82 Å². The molecule has 0 aromatic heterocycles. The number of anilines is 1. The number of hydrogen-bond donors (Lipinski definition) is 3. The second-order valence-corrected chi connectivity index (χ2v) is 10.1. The Balaban J connectivity index is 1.16. The molecule has 2 aromatic carbocycles. The van der Waals surface area contributed by atoms with Gasteiger partial charge in [-0.1, -0.05) is 6.07 Å². The quantitative estimate of drug-likeness (QED) is 0.414. The zero-order valence-corrected chi connectivity index (χ0v) is 22.8. The summed E-state index contributed by atoms with van der Waals surface area (Å²) in [6.07, 6.45) is 5.29. The normalized spacial score (nSPS) is 18.7. The van der Waals surface area contributed by atoms with Crippen LogP contribution >= 0.6 is 0 Å². The van der Waals surface area contributed by atoms with Crippen LogP contribution < -0.4 is 20.7 Å². The van der Waals surface area contributed by atoms with Gasteiger partial charge in [-0.15, -0.1) is 0 Å². The summed E-state index contributed by atoms with van der Waals surface area (Å²) in [5, 5.41) is 9.65. The lowest BCUT2D eigenvalue weighted by molar-refractivity contribution is 0.0952. The van der Waals surface area contributed by atoms with Gasteiger partial charge in [0, 0.05) is 61.9 Å². The number of piperazine rings is 1. The van der Waals surface area contributed by atoms with Gasteiger partial charge in [0.25, 0.3) is 5.91 Å². The molecular weight excluding hydrogens is 516 g/mol. The number of hydrogen-bond acceptors (Lipinski definition) is 8. The van der Waals surface area contributed by atoms with Gasteiger partial charge in [-0.25, -0.2) is 9.38 Å². The molecule has 3 N–H and O–H groups in total. The van der Waals surface area contributed by atoms with E-state index in [4.69, 9.17) is 4.74 Å². The Kier molecular flexibility index (Phi) is 8.71. The topological polar surface area (TPSA) is 93.6 Å². The lowest BCUT2D eigenvalue weighted by Gasteiger charge is -2.27. The summed E-state index contributed by atoms with van der Waals surface area (Å²) in [5.41, 5.74) is 2.38. The third-order valence-corrected chi connectivity index (χ3v) is 7.42. The number of amides is 1. The number of rotatable bonds is 9. The van der Waals surface area contributed by atoms with Gasteiger partial charge in [-0.05, 0) is 56.1 Å². The fourth-order valence-electron chi connectivity index (χ4n) is 5.22. The summed E-state index contributed by atoms with van der Waals surface area (Å²) in [4.78, 5) is 26.0. The van der Waals surface area contributed by atoms with Gasteiger partial charge in [0.05, 0.1) is 19.7 Å². The third kappa shape index (κ3) is 6.00. The van der Waals surface area contributed by atoms with Crippen LogP contribution in [-0.4, -0.2) is 80.3 Å². The van der Waals surface area contributed by atoms with Gasteiger partial charge >= 0.3 is 0 Å². The minimum absolute atomic E-state index is 0.0906. The summed E-state index contributed by atoms with van der Waals surface area (Å²) in [6.45, 7) is 8.10. The van der Waals surface area contributed by atoms with Crippen LogP contribution in [0.5, 0.6) is 5.75 Å². The molecule has 3 heterocycles. The van der Waals surface area contributed by atoms with Crippen molar-refractivity contribution in [2.75, 3.05) is 58.2 Å². The first-order valence-electron chi connectivity index (χ1n) is 13.6. The van der Waals surface area contributed by atoms with Crippen molar-refractivity contribution in [2.24, 2.45) is 9.98 Å². The fraction of sp³-hybridized carbons (Fsp3) is 0.414. The highest BCUT2D eigenvalue weighted by Gasteiger charge is 2.35. The van der Waals surface area contributed by atoms with Gasteiger partial charge in [0.15, 0.2) is 23.2 Å². The number of ether oxygens (including phenoxy) is 1. The average Bonchev–Trinajstić information content (AvgIpc) is 3.40. The number of carbonyl (C=O) groups excluding carboxylic acids is 1. The molecule has 3 aliphatic rings. The Labute approximate surface area is 233 Å². The van der Waals surface area contributed by atoms with E-state index >= 15 is 0 Å². The first kappa shape index (κ1) is 27.7. The molecule has 1 atom stereocenters. The summed E-state index contributed by atoms with van der Waals surface area (Å²) < 4.78 is 34.1. The molecule has 0 saturated carbocycles. The molecule has 5 rings (SSSR count). The number of aryl methyl sites for hydroxylation is 1. The van der Waals surface area contributed by atoms with Gasteiger partial charge in [0.1, 0.15) is 0 Å². The highest BCUT2D eigenvalue weighted by Crippen LogP contribution is 2.34. The summed E-state index contributed by atoms with van der Waals surface area (Å²) in [6, 6.07) is 7.93. The number of nitrogens with one attached hydrogen (secondary N) is 3. The van der Waals surface area contributed by atoms with Crippen molar-refractivity contribution in [1.82, 2.24) is 20.4 Å². The van der Waals surface area contributed by atoms with Crippen LogP contribution in [0.2, 0.25) is 0 Å². The molecule has 1 unspecified atom stereocenters. The second-order valence-electron chi connectivity index (χ2n) is 10.1. The Hall–Kier alpha value is -3.83. The van der Waals surface area contributed by atoms with Crippen molar-refractivity contribution in [3.63, 3.8) is 0 Å². The maximum absolute atomic E-state index is 14.8. The number of aliphatic imine (C=N–C) groups is 2. The van der Waals surface area contributed by atoms with E-state index in [0.717, 1.165) is 56.8 Å². The number of amidine groups is 2. The molecule has 0 bridgehead atoms. The number of fused-ring (bicyclic) bond motifs is 1. The molecule has 0 radical (unpaired) electrons. The first-order valence-corrected chi connectivity index (χ1v) is 13.6. The molecule has 11 heteroatoms. The molecule has 3 aliphatic heterocycles. The van der Waals surface area contributed by atoms with Crippen molar-refractivity contribution >= 4 is 23.3 Å². The largest absolute Gasteiger partial charge is 0.494 e. The van der Waals surface area contributed by atoms with Gasteiger partial charge in [-0.2, -0.15) is 4.39 Å². The van der Waals surface area contributed by atoms with E-state index in [1.54, 1.807) is 23.4 Å². The average molecular weight is 552 g/mol. The Morgan fingerprint density at radius 2 is 1.98 bits per heavy atom. The maximum Gasteiger partial charge on any atom is 0.251 e. The zero-order valence-electron chi connectivity index (χ0n) is 22.8. The second kappa shape index (κ2) is 12.6. The monoisotopic (exact) mass is 551 g/mol. The van der Waals surface area contributed by atoms with Crippen LogP contribution in [-0.2, 0) is 0 Å². The molecule has 40 heavy (non-hydrogen) atoms. The van der Waals surface area contributed by atoms with Crippen LogP contribution in [0.15, 0.2) is 52.7 Å². The summed E-state index contributed by atoms with van der Waals surface area (Å²) in [5.74, 6) is -1.18. The van der Waals surface area contributed by atoms with E-state index in [2.05, 4.69) is 30.8 Å². The van der Waals surface area contributed by atoms with E-state index < -0.39 is 17.7 Å². The molecule has 9 nitrogen and oxygen atoms in total. The molecular formula is C29H35F2N7O2. The predicted molar refractivity (Wildman–Crippen MR) is 152 cm³/mol. The van der Waals surface area contributed by atoms with Crippen LogP contribution in [0.1, 0.15) is 40.4 Å². The zero-order chi connectivity index (χ0) is 28.1. The van der Waals surface area contributed by atoms with Gasteiger partial charge in [-0.3, -0.25) is 9.79 Å². The lowest BCUT2D eigenvalue weighted by atomic mass is 10.0. The fourth-order valence-corrected chi connectivity index (χ4v) is 5.22. The minimum atomic E-state index is -1.02. The van der Waals surface area contributed by atoms with Gasteiger partial charge < -0.3 is 30.5 Å². The van der Waals surface area contributed by atoms with Crippen LogP contribution in [0.4, 0.5) is 14.5 Å². The number of carbonyl (C=O) groups is 1.